The molecular weight excluding hydrogens is 284 g/mol. The Morgan fingerprint density at radius 2 is 2.15 bits per heavy atom. The number of nitrogens with zero attached hydrogens (tertiary/aromatic N) is 1. The number of carboxylic acid groups (broad SMARTS) is 1. The fourth-order valence-electron chi connectivity index (χ4n) is 1.41. The molecule has 2 aromatic heterocycles. The minimum Gasteiger partial charge on any atom is -0.478 e. The highest BCUT2D eigenvalue weighted by Gasteiger charge is 2.13. The number of pyridine rings is 1. The van der Waals surface area contributed by atoms with Crippen molar-refractivity contribution in [2.45, 2.75) is 0 Å². The van der Waals surface area contributed by atoms with E-state index in [1.54, 1.807) is 18.2 Å². The first-order valence-corrected chi connectivity index (χ1v) is 5.86. The molecule has 0 bridgehead atoms. The van der Waals surface area contributed by atoms with Gasteiger partial charge in [0.25, 0.3) is 5.91 Å². The van der Waals surface area contributed by atoms with Crippen LogP contribution in [-0.4, -0.2) is 22.0 Å². The number of hydrogen-bond acceptors (Lipinski definition) is 4. The Morgan fingerprint density at radius 3 is 2.80 bits per heavy atom. The van der Waals surface area contributed by atoms with Crippen LogP contribution in [0.4, 0.5) is 5.82 Å². The second-order valence-electron chi connectivity index (χ2n) is 3.68. The number of furan rings is 1. The Balaban J connectivity index is 2.14. The molecule has 2 rings (SSSR count). The van der Waals surface area contributed by atoms with E-state index in [1.807, 2.05) is 0 Å². The summed E-state index contributed by atoms with van der Waals surface area (Å²) in [7, 11) is 0. The highest BCUT2D eigenvalue weighted by atomic mass is 35.5. The molecule has 1 amide bonds. The summed E-state index contributed by atoms with van der Waals surface area (Å²) < 4.78 is 4.82. The van der Waals surface area contributed by atoms with Crippen LogP contribution in [0.5, 0.6) is 0 Å². The molecule has 0 radical (unpaired) electrons. The van der Waals surface area contributed by atoms with Crippen LogP contribution in [0.1, 0.15) is 16.1 Å². The third-order valence-electron chi connectivity index (χ3n) is 2.27. The minimum atomic E-state index is -1.08. The fourth-order valence-corrected chi connectivity index (χ4v) is 1.61. The van der Waals surface area contributed by atoms with Gasteiger partial charge in [-0.25, -0.2) is 9.78 Å². The van der Waals surface area contributed by atoms with Gasteiger partial charge in [0.05, 0.1) is 17.5 Å². The number of halogens is 1. The predicted octanol–water partition coefficient (Wildman–Crippen LogP) is 2.68. The highest BCUT2D eigenvalue weighted by molar-refractivity contribution is 6.32. The number of amides is 1. The normalized spacial score (nSPS) is 10.7. The lowest BCUT2D eigenvalue weighted by molar-refractivity contribution is -0.131. The van der Waals surface area contributed by atoms with Gasteiger partial charge >= 0.3 is 5.97 Å². The molecule has 0 aliphatic rings. The van der Waals surface area contributed by atoms with Gasteiger partial charge in [0.2, 0.25) is 5.22 Å². The van der Waals surface area contributed by atoms with Crippen LogP contribution in [0, 0.1) is 0 Å². The van der Waals surface area contributed by atoms with E-state index in [0.29, 0.717) is 5.69 Å². The van der Waals surface area contributed by atoms with Gasteiger partial charge in [0.15, 0.2) is 0 Å². The molecule has 0 aliphatic carbocycles. The lowest BCUT2D eigenvalue weighted by atomic mass is 10.3. The predicted molar refractivity (Wildman–Crippen MR) is 72.6 cm³/mol. The van der Waals surface area contributed by atoms with Crippen LogP contribution in [-0.2, 0) is 4.79 Å². The first-order valence-electron chi connectivity index (χ1n) is 5.48. The van der Waals surface area contributed by atoms with E-state index in [-0.39, 0.29) is 16.6 Å². The van der Waals surface area contributed by atoms with Crippen molar-refractivity contribution in [2.24, 2.45) is 0 Å². The van der Waals surface area contributed by atoms with Gasteiger partial charge in [-0.1, -0.05) is 6.07 Å². The van der Waals surface area contributed by atoms with Crippen LogP contribution in [0.15, 0.2) is 41.0 Å². The molecule has 102 valence electrons. The number of hydrogen-bond donors (Lipinski definition) is 2. The zero-order valence-corrected chi connectivity index (χ0v) is 10.8. The molecule has 0 unspecified atom stereocenters. The van der Waals surface area contributed by atoms with Gasteiger partial charge in [-0.2, -0.15) is 0 Å². The zero-order valence-electron chi connectivity index (χ0n) is 10.0. The minimum absolute atomic E-state index is 0.00979. The van der Waals surface area contributed by atoms with Crippen molar-refractivity contribution in [1.29, 1.82) is 0 Å². The molecule has 0 spiro atoms. The molecule has 2 N–H and O–H groups in total. The topological polar surface area (TPSA) is 92.4 Å². The maximum absolute atomic E-state index is 11.9. The van der Waals surface area contributed by atoms with Gasteiger partial charge in [-0.3, -0.25) is 4.79 Å². The fraction of sp³-hybridized carbons (Fsp3) is 0. The van der Waals surface area contributed by atoms with Crippen LogP contribution < -0.4 is 5.32 Å². The summed E-state index contributed by atoms with van der Waals surface area (Å²) in [6, 6.07) is 6.26. The van der Waals surface area contributed by atoms with Gasteiger partial charge in [0.1, 0.15) is 5.82 Å². The highest BCUT2D eigenvalue weighted by Crippen LogP contribution is 2.18. The summed E-state index contributed by atoms with van der Waals surface area (Å²) in [6.07, 6.45) is 3.58. The molecular formula is C13H9ClN2O4. The van der Waals surface area contributed by atoms with E-state index < -0.39 is 11.9 Å². The number of carbonyl (C=O) groups is 2. The summed E-state index contributed by atoms with van der Waals surface area (Å²) in [5, 5.41) is 11.1. The van der Waals surface area contributed by atoms with Crippen molar-refractivity contribution in [3.05, 3.63) is 53.1 Å². The summed E-state index contributed by atoms with van der Waals surface area (Å²) in [5.41, 5.74) is 0.600. The van der Waals surface area contributed by atoms with E-state index in [1.165, 1.54) is 18.4 Å². The summed E-state index contributed by atoms with van der Waals surface area (Å²) in [4.78, 5) is 26.4. The van der Waals surface area contributed by atoms with E-state index >= 15 is 0 Å². The molecule has 2 aromatic rings. The van der Waals surface area contributed by atoms with Crippen molar-refractivity contribution < 1.29 is 19.1 Å². The van der Waals surface area contributed by atoms with E-state index in [9.17, 15) is 9.59 Å². The number of rotatable bonds is 4. The summed E-state index contributed by atoms with van der Waals surface area (Å²) >= 11 is 5.69. The molecule has 7 heteroatoms. The Morgan fingerprint density at radius 1 is 1.35 bits per heavy atom. The average Bonchev–Trinajstić information content (AvgIpc) is 2.83. The first-order chi connectivity index (χ1) is 9.56. The van der Waals surface area contributed by atoms with E-state index in [0.717, 1.165) is 6.08 Å². The lowest BCUT2D eigenvalue weighted by Gasteiger charge is -2.03. The van der Waals surface area contributed by atoms with Crippen molar-refractivity contribution in [1.82, 2.24) is 4.98 Å². The SMILES string of the molecule is O=C(O)/C=C/c1cccc(NC(=O)c2ccoc2Cl)n1. The standard InChI is InChI=1S/C13H9ClN2O4/c14-12-9(6-7-20-12)13(19)16-10-3-1-2-8(15-10)4-5-11(17)18/h1-7H,(H,17,18)(H,15,16,19)/b5-4+. The molecule has 6 nitrogen and oxygen atoms in total. The molecule has 0 fully saturated rings. The zero-order chi connectivity index (χ0) is 14.5. The average molecular weight is 293 g/mol. The number of aliphatic carboxylic acids is 1. The van der Waals surface area contributed by atoms with Crippen LogP contribution >= 0.6 is 11.6 Å². The lowest BCUT2D eigenvalue weighted by Crippen LogP contribution is -2.12. The molecule has 0 atom stereocenters. The van der Waals surface area contributed by atoms with Crippen LogP contribution in [0.3, 0.4) is 0 Å². The monoisotopic (exact) mass is 292 g/mol. The molecule has 0 aromatic carbocycles. The summed E-state index contributed by atoms with van der Waals surface area (Å²) in [6.45, 7) is 0. The second-order valence-corrected chi connectivity index (χ2v) is 4.02. The largest absolute Gasteiger partial charge is 0.478 e. The number of aromatic nitrogens is 1. The first kappa shape index (κ1) is 13.8. The number of anilines is 1. The van der Waals surface area contributed by atoms with Gasteiger partial charge < -0.3 is 14.8 Å². The van der Waals surface area contributed by atoms with Crippen LogP contribution in [0.25, 0.3) is 6.08 Å². The Labute approximate surface area is 118 Å². The smallest absolute Gasteiger partial charge is 0.328 e. The maximum Gasteiger partial charge on any atom is 0.328 e. The molecule has 0 saturated carbocycles. The quantitative estimate of drug-likeness (QED) is 0.845. The van der Waals surface area contributed by atoms with Gasteiger partial charge in [0, 0.05) is 6.08 Å². The molecule has 0 saturated heterocycles. The van der Waals surface area contributed by atoms with Crippen molar-refractivity contribution in [2.75, 3.05) is 5.32 Å². The van der Waals surface area contributed by atoms with Crippen molar-refractivity contribution in [3.8, 4) is 0 Å². The second kappa shape index (κ2) is 6.03. The van der Waals surface area contributed by atoms with Gasteiger partial charge in [-0.15, -0.1) is 0 Å². The van der Waals surface area contributed by atoms with E-state index in [4.69, 9.17) is 21.1 Å². The van der Waals surface area contributed by atoms with Gasteiger partial charge in [-0.05, 0) is 35.9 Å². The third kappa shape index (κ3) is 3.46. The molecule has 2 heterocycles. The van der Waals surface area contributed by atoms with Crippen molar-refractivity contribution >= 4 is 35.4 Å². The number of carboxylic acids is 1. The Hall–Kier alpha value is -2.60. The number of nitrogens with one attached hydrogen (secondary N) is 1. The van der Waals surface area contributed by atoms with Crippen molar-refractivity contribution in [3.63, 3.8) is 0 Å². The van der Waals surface area contributed by atoms with E-state index in [2.05, 4.69) is 10.3 Å². The Bertz CT molecular complexity index is 679. The maximum atomic E-state index is 11.9. The number of carbonyl (C=O) groups excluding carboxylic acids is 1. The third-order valence-corrected chi connectivity index (χ3v) is 2.56. The van der Waals surface area contributed by atoms with Crippen LogP contribution in [0.2, 0.25) is 5.22 Å². The molecule has 20 heavy (non-hydrogen) atoms. The Kier molecular flexibility index (Phi) is 4.17. The molecule has 0 aliphatic heterocycles. The summed E-state index contributed by atoms with van der Waals surface area (Å²) in [5.74, 6) is -1.26.